The zero-order chi connectivity index (χ0) is 5.98. The zero-order valence-electron chi connectivity index (χ0n) is 5.78. The minimum absolute atomic E-state index is 0. The molecule has 1 fully saturated rings. The molecule has 70 valence electrons. The average Bonchev–Trinajstić information content (AvgIpc) is 2.12. The van der Waals surface area contributed by atoms with Gasteiger partial charge in [-0.15, -0.1) is 37.2 Å². The van der Waals surface area contributed by atoms with Gasteiger partial charge < -0.3 is 10.4 Å². The lowest BCUT2D eigenvalue weighted by Gasteiger charge is -1.99. The first kappa shape index (κ1) is 17.4. The summed E-state index contributed by atoms with van der Waals surface area (Å²) < 4.78 is 0. The molecule has 0 aliphatic carbocycles. The van der Waals surface area contributed by atoms with E-state index < -0.39 is 5.97 Å². The van der Waals surface area contributed by atoms with Crippen molar-refractivity contribution in [1.82, 2.24) is 5.32 Å². The molecule has 1 aliphatic heterocycles. The van der Waals surface area contributed by atoms with E-state index in [1.165, 1.54) is 0 Å². The highest BCUT2D eigenvalue weighted by Gasteiger charge is 2.20. The van der Waals surface area contributed by atoms with Gasteiger partial charge in [0.2, 0.25) is 0 Å². The van der Waals surface area contributed by atoms with E-state index in [1.54, 1.807) is 0 Å². The molecule has 0 unspecified atom stereocenters. The van der Waals surface area contributed by atoms with Crippen LogP contribution in [-0.2, 0) is 4.79 Å². The van der Waals surface area contributed by atoms with E-state index in [2.05, 4.69) is 5.32 Å². The van der Waals surface area contributed by atoms with E-state index in [1.807, 2.05) is 0 Å². The molecule has 1 saturated heterocycles. The third kappa shape index (κ3) is 5.56. The van der Waals surface area contributed by atoms with Gasteiger partial charge in [-0.05, 0) is 19.4 Å². The highest BCUT2D eigenvalue weighted by Crippen LogP contribution is 2.03. The van der Waals surface area contributed by atoms with Crippen LogP contribution in [0.4, 0.5) is 0 Å². The molecule has 1 rings (SSSR count). The number of carboxylic acids is 1. The first-order valence-electron chi connectivity index (χ1n) is 2.77. The molecule has 0 spiro atoms. The number of nitrogens with one attached hydrogen (secondary N) is 1. The number of rotatable bonds is 1. The van der Waals surface area contributed by atoms with E-state index in [9.17, 15) is 4.79 Å². The number of hydrogen-bond acceptors (Lipinski definition) is 2. The highest BCUT2D eigenvalue weighted by atomic mass is 35.5. The Hall–Kier alpha value is 0.300. The zero-order valence-corrected chi connectivity index (χ0v) is 8.23. The summed E-state index contributed by atoms with van der Waals surface area (Å²) in [5.74, 6) is -0.720. The molecule has 6 heteroatoms. The molecular formula is C5H12Cl3NO2. The second-order valence-corrected chi connectivity index (χ2v) is 1.99. The molecule has 1 aliphatic rings. The molecule has 0 aromatic carbocycles. The molecule has 0 aromatic heterocycles. The Bertz CT molecular complexity index is 106. The van der Waals surface area contributed by atoms with Crippen LogP contribution in [0.2, 0.25) is 0 Å². The Kier molecular flexibility index (Phi) is 13.3. The minimum atomic E-state index is -0.720. The van der Waals surface area contributed by atoms with Crippen LogP contribution in [0.1, 0.15) is 12.8 Å². The molecule has 1 atom stereocenters. The Morgan fingerprint density at radius 1 is 1.36 bits per heavy atom. The van der Waals surface area contributed by atoms with E-state index in [0.29, 0.717) is 0 Å². The van der Waals surface area contributed by atoms with Crippen LogP contribution in [0.3, 0.4) is 0 Å². The number of carbonyl (C=O) groups is 1. The molecule has 0 aromatic rings. The van der Waals surface area contributed by atoms with Crippen LogP contribution >= 0.6 is 37.2 Å². The summed E-state index contributed by atoms with van der Waals surface area (Å²) in [5.41, 5.74) is 0. The average molecular weight is 225 g/mol. The molecule has 2 N–H and O–H groups in total. The first-order valence-corrected chi connectivity index (χ1v) is 2.77. The number of aliphatic carboxylic acids is 1. The SMILES string of the molecule is Cl.Cl.Cl.O=C(O)[C@@H]1CCCN1. The van der Waals surface area contributed by atoms with Crippen LogP contribution in [-0.4, -0.2) is 23.7 Å². The van der Waals surface area contributed by atoms with Gasteiger partial charge in [-0.25, -0.2) is 0 Å². The largest absolute Gasteiger partial charge is 0.480 e. The van der Waals surface area contributed by atoms with E-state index in [0.717, 1.165) is 19.4 Å². The monoisotopic (exact) mass is 223 g/mol. The van der Waals surface area contributed by atoms with E-state index in [-0.39, 0.29) is 43.3 Å². The highest BCUT2D eigenvalue weighted by molar-refractivity contribution is 5.86. The van der Waals surface area contributed by atoms with Crippen LogP contribution in [0.15, 0.2) is 0 Å². The third-order valence-electron chi connectivity index (χ3n) is 1.36. The molecular weight excluding hydrogens is 212 g/mol. The molecule has 0 radical (unpaired) electrons. The number of hydrogen-bond donors (Lipinski definition) is 2. The van der Waals surface area contributed by atoms with Crippen LogP contribution < -0.4 is 5.32 Å². The second-order valence-electron chi connectivity index (χ2n) is 1.99. The summed E-state index contributed by atoms with van der Waals surface area (Å²) in [6, 6.07) is -0.269. The molecule has 0 saturated carbocycles. The van der Waals surface area contributed by atoms with Crippen molar-refractivity contribution in [2.24, 2.45) is 0 Å². The summed E-state index contributed by atoms with van der Waals surface area (Å²) in [4.78, 5) is 10.1. The van der Waals surface area contributed by atoms with Gasteiger partial charge in [-0.1, -0.05) is 0 Å². The molecule has 0 bridgehead atoms. The number of carboxylic acid groups (broad SMARTS) is 1. The van der Waals surface area contributed by atoms with E-state index >= 15 is 0 Å². The van der Waals surface area contributed by atoms with E-state index in [4.69, 9.17) is 5.11 Å². The Morgan fingerprint density at radius 2 is 1.91 bits per heavy atom. The van der Waals surface area contributed by atoms with Gasteiger partial charge in [-0.3, -0.25) is 4.79 Å². The van der Waals surface area contributed by atoms with Gasteiger partial charge in [0, 0.05) is 0 Å². The summed E-state index contributed by atoms with van der Waals surface area (Å²) in [6.07, 6.45) is 1.78. The summed E-state index contributed by atoms with van der Waals surface area (Å²) >= 11 is 0. The van der Waals surface area contributed by atoms with Crippen molar-refractivity contribution in [3.63, 3.8) is 0 Å². The fraction of sp³-hybridized carbons (Fsp3) is 0.800. The summed E-state index contributed by atoms with van der Waals surface area (Å²) in [6.45, 7) is 0.858. The van der Waals surface area contributed by atoms with Crippen molar-refractivity contribution < 1.29 is 9.90 Å². The molecule has 3 nitrogen and oxygen atoms in total. The van der Waals surface area contributed by atoms with Gasteiger partial charge >= 0.3 is 5.97 Å². The second kappa shape index (κ2) is 8.40. The van der Waals surface area contributed by atoms with Crippen molar-refractivity contribution in [3.05, 3.63) is 0 Å². The van der Waals surface area contributed by atoms with Crippen LogP contribution in [0.5, 0.6) is 0 Å². The lowest BCUT2D eigenvalue weighted by molar-refractivity contribution is -0.139. The third-order valence-corrected chi connectivity index (χ3v) is 1.36. The van der Waals surface area contributed by atoms with Gasteiger partial charge in [-0.2, -0.15) is 0 Å². The van der Waals surface area contributed by atoms with Crippen molar-refractivity contribution in [2.75, 3.05) is 6.54 Å². The quantitative estimate of drug-likeness (QED) is 0.701. The maximum absolute atomic E-state index is 10.1. The minimum Gasteiger partial charge on any atom is -0.480 e. The van der Waals surface area contributed by atoms with Crippen LogP contribution in [0.25, 0.3) is 0 Å². The molecule has 1 heterocycles. The smallest absolute Gasteiger partial charge is 0.320 e. The van der Waals surface area contributed by atoms with Crippen molar-refractivity contribution >= 4 is 43.2 Å². The van der Waals surface area contributed by atoms with Gasteiger partial charge in [0.25, 0.3) is 0 Å². The Balaban J connectivity index is -0.000000213. The topological polar surface area (TPSA) is 49.3 Å². The van der Waals surface area contributed by atoms with Crippen molar-refractivity contribution in [3.8, 4) is 0 Å². The fourth-order valence-corrected chi connectivity index (χ4v) is 0.895. The van der Waals surface area contributed by atoms with Crippen LogP contribution in [0, 0.1) is 0 Å². The van der Waals surface area contributed by atoms with Crippen molar-refractivity contribution in [1.29, 1.82) is 0 Å². The first-order chi connectivity index (χ1) is 3.80. The predicted molar refractivity (Wildman–Crippen MR) is 50.4 cm³/mol. The lowest BCUT2D eigenvalue weighted by Crippen LogP contribution is -2.29. The fourth-order valence-electron chi connectivity index (χ4n) is 0.895. The van der Waals surface area contributed by atoms with Gasteiger partial charge in [0.1, 0.15) is 6.04 Å². The standard InChI is InChI=1S/C5H9NO2.3ClH/c7-5(8)4-2-1-3-6-4;;;/h4,6H,1-3H2,(H,7,8);3*1H/t4-;;;/m0.../s1. The molecule has 11 heavy (non-hydrogen) atoms. The Labute approximate surface area is 84.2 Å². The maximum atomic E-state index is 10.1. The maximum Gasteiger partial charge on any atom is 0.320 e. The molecule has 0 amide bonds. The van der Waals surface area contributed by atoms with Crippen molar-refractivity contribution in [2.45, 2.75) is 18.9 Å². The predicted octanol–water partition coefficient (Wildman–Crippen LogP) is 1.09. The Morgan fingerprint density at radius 3 is 2.09 bits per heavy atom. The normalized spacial score (nSPS) is 20.5. The van der Waals surface area contributed by atoms with Gasteiger partial charge in [0.05, 0.1) is 0 Å². The lowest BCUT2D eigenvalue weighted by atomic mass is 10.2. The number of halogens is 3. The summed E-state index contributed by atoms with van der Waals surface area (Å²) in [7, 11) is 0. The summed E-state index contributed by atoms with van der Waals surface area (Å²) in [5, 5.41) is 11.2. The van der Waals surface area contributed by atoms with Gasteiger partial charge in [0.15, 0.2) is 0 Å².